The second-order valence-corrected chi connectivity index (χ2v) is 12.2. The fraction of sp³-hybridized carbons (Fsp3) is 0.346. The van der Waals surface area contributed by atoms with Crippen molar-refractivity contribution in [2.24, 2.45) is 5.92 Å². The summed E-state index contributed by atoms with van der Waals surface area (Å²) in [6.07, 6.45) is 7.07. The summed E-state index contributed by atoms with van der Waals surface area (Å²) >= 11 is 6.98. The molecule has 0 bridgehead atoms. The molecule has 1 fully saturated rings. The van der Waals surface area contributed by atoms with Gasteiger partial charge in [0, 0.05) is 11.8 Å². The first-order valence-electron chi connectivity index (χ1n) is 11.1. The number of anilines is 2. The first kappa shape index (κ1) is 24.2. The van der Waals surface area contributed by atoms with Crippen LogP contribution in [0.5, 0.6) is 0 Å². The fourth-order valence-corrected chi connectivity index (χ4v) is 7.61. The molecule has 2 aromatic carbocycles. The van der Waals surface area contributed by atoms with Crippen molar-refractivity contribution in [1.82, 2.24) is 5.32 Å². The van der Waals surface area contributed by atoms with Crippen LogP contribution in [-0.4, -0.2) is 23.6 Å². The highest BCUT2D eigenvalue weighted by molar-refractivity contribution is 8.58. The van der Waals surface area contributed by atoms with Gasteiger partial charge in [0.05, 0.1) is 17.0 Å². The Morgan fingerprint density at radius 3 is 2.39 bits per heavy atom. The number of nitrogens with zero attached hydrogens (tertiary/aromatic N) is 1. The van der Waals surface area contributed by atoms with Gasteiger partial charge in [0.1, 0.15) is 6.73 Å². The molecule has 172 valence electrons. The van der Waals surface area contributed by atoms with Crippen LogP contribution in [0.4, 0.5) is 16.2 Å². The molecule has 1 aliphatic heterocycles. The summed E-state index contributed by atoms with van der Waals surface area (Å²) in [5, 5.41) is 3.28. The largest absolute Gasteiger partial charge is 0.354 e. The minimum Gasteiger partial charge on any atom is -0.354 e. The van der Waals surface area contributed by atoms with Crippen molar-refractivity contribution in [3.05, 3.63) is 71.8 Å². The van der Waals surface area contributed by atoms with Crippen molar-refractivity contribution < 1.29 is 9.53 Å². The summed E-state index contributed by atoms with van der Waals surface area (Å²) in [4.78, 5) is 15.2. The molecule has 1 N–H and O–H groups in total. The van der Waals surface area contributed by atoms with E-state index in [-0.39, 0.29) is 23.6 Å². The maximum absolute atomic E-state index is 13.4. The zero-order valence-electron chi connectivity index (χ0n) is 19.0. The standard InChI is InChI=1S/C26H29N2O2PS2/c1-18(2)21-14-15-26(3,24(16-21)33-31-32)30-17-27-25(29)28-22-10-6-4-8-19(22)12-13-20-9-5-7-11-23(20)28/h4-13,21,24H,1,14-17H2,2-3H3,(H,27,29)/t21-,24+,26+/m0/s1. The SMILES string of the molecule is C=C(C)[C@H]1CC[C@@](C)(OCNC(=O)N2c3ccccc3C=Cc3ccccc32)[C@H](SP=S)C1. The Kier molecular flexibility index (Phi) is 7.70. The lowest BCUT2D eigenvalue weighted by Gasteiger charge is -2.43. The fourth-order valence-electron chi connectivity index (χ4n) is 4.60. The number of allylic oxidation sites excluding steroid dienone is 1. The highest BCUT2D eigenvalue weighted by Crippen LogP contribution is 2.46. The Morgan fingerprint density at radius 2 is 1.82 bits per heavy atom. The van der Waals surface area contributed by atoms with E-state index in [0.29, 0.717) is 5.92 Å². The number of carbonyl (C=O) groups excluding carboxylic acids is 1. The molecule has 3 atom stereocenters. The molecule has 0 spiro atoms. The number of benzene rings is 2. The predicted molar refractivity (Wildman–Crippen MR) is 145 cm³/mol. The average molecular weight is 497 g/mol. The van der Waals surface area contributed by atoms with Gasteiger partial charge in [0.2, 0.25) is 0 Å². The van der Waals surface area contributed by atoms with Crippen LogP contribution in [0.2, 0.25) is 0 Å². The zero-order chi connectivity index (χ0) is 23.4. The molecule has 2 amide bonds. The van der Waals surface area contributed by atoms with Crippen molar-refractivity contribution in [2.45, 2.75) is 44.0 Å². The molecule has 33 heavy (non-hydrogen) atoms. The molecule has 0 radical (unpaired) electrons. The van der Waals surface area contributed by atoms with Crippen LogP contribution >= 0.6 is 17.9 Å². The van der Waals surface area contributed by atoms with Gasteiger partial charge in [-0.2, -0.15) is 0 Å². The summed E-state index contributed by atoms with van der Waals surface area (Å²) in [7, 11) is 0. The van der Waals surface area contributed by atoms with Crippen LogP contribution in [-0.2, 0) is 16.5 Å². The van der Waals surface area contributed by atoms with Crippen LogP contribution in [0, 0.1) is 5.92 Å². The van der Waals surface area contributed by atoms with E-state index in [2.05, 4.69) is 37.9 Å². The third-order valence-electron chi connectivity index (χ3n) is 6.66. The van der Waals surface area contributed by atoms with Gasteiger partial charge in [-0.05, 0) is 74.1 Å². The Balaban J connectivity index is 1.50. The van der Waals surface area contributed by atoms with E-state index < -0.39 is 0 Å². The molecule has 4 nitrogen and oxygen atoms in total. The quantitative estimate of drug-likeness (QED) is 0.255. The summed E-state index contributed by atoms with van der Waals surface area (Å²) in [6.45, 7) is 9.43. The second-order valence-electron chi connectivity index (χ2n) is 8.86. The van der Waals surface area contributed by atoms with Crippen molar-refractivity contribution >= 4 is 59.3 Å². The van der Waals surface area contributed by atoms with E-state index in [0.717, 1.165) is 48.3 Å². The molecule has 7 heteroatoms. The Bertz CT molecular complexity index is 1040. The minimum absolute atomic E-state index is 0.146. The lowest BCUT2D eigenvalue weighted by atomic mass is 9.77. The van der Waals surface area contributed by atoms with Gasteiger partial charge in [-0.15, -0.1) is 0 Å². The maximum Gasteiger partial charge on any atom is 0.328 e. The van der Waals surface area contributed by atoms with Crippen LogP contribution in [0.1, 0.15) is 44.2 Å². The van der Waals surface area contributed by atoms with Crippen LogP contribution < -0.4 is 10.2 Å². The molecule has 2 aliphatic rings. The van der Waals surface area contributed by atoms with Crippen LogP contribution in [0.25, 0.3) is 12.2 Å². The third-order valence-corrected chi connectivity index (χ3v) is 9.49. The lowest BCUT2D eigenvalue weighted by Crippen LogP contribution is -2.48. The number of urea groups is 1. The van der Waals surface area contributed by atoms with Crippen molar-refractivity contribution in [1.29, 1.82) is 0 Å². The third kappa shape index (κ3) is 5.25. The summed E-state index contributed by atoms with van der Waals surface area (Å²) in [6, 6.07) is 15.6. The van der Waals surface area contributed by atoms with Crippen molar-refractivity contribution in [2.75, 3.05) is 11.6 Å². The number of fused-ring (bicyclic) bond motifs is 2. The topological polar surface area (TPSA) is 41.6 Å². The molecular formula is C26H29N2O2PS2. The second kappa shape index (κ2) is 10.5. The predicted octanol–water partition coefficient (Wildman–Crippen LogP) is 7.55. The first-order chi connectivity index (χ1) is 15.9. The van der Waals surface area contributed by atoms with E-state index in [1.807, 2.05) is 48.5 Å². The molecule has 0 unspecified atom stereocenters. The van der Waals surface area contributed by atoms with Crippen LogP contribution in [0.3, 0.4) is 0 Å². The lowest BCUT2D eigenvalue weighted by molar-refractivity contribution is -0.0604. The van der Waals surface area contributed by atoms with Gasteiger partial charge in [0.15, 0.2) is 0 Å². The number of hydrogen-bond acceptors (Lipinski definition) is 4. The average Bonchev–Trinajstić information content (AvgIpc) is 2.97. The number of carbonyl (C=O) groups is 1. The zero-order valence-corrected chi connectivity index (χ0v) is 21.5. The van der Waals surface area contributed by atoms with Crippen LogP contribution in [0.15, 0.2) is 60.7 Å². The smallest absolute Gasteiger partial charge is 0.328 e. The van der Waals surface area contributed by atoms with Gasteiger partial charge >= 0.3 is 6.03 Å². The van der Waals surface area contributed by atoms with Crippen molar-refractivity contribution in [3.63, 3.8) is 0 Å². The van der Waals surface area contributed by atoms with E-state index >= 15 is 0 Å². The minimum atomic E-state index is -0.341. The van der Waals surface area contributed by atoms with E-state index in [9.17, 15) is 4.79 Å². The van der Waals surface area contributed by atoms with Gasteiger partial charge in [0.25, 0.3) is 0 Å². The number of amides is 2. The molecule has 0 saturated heterocycles. The van der Waals surface area contributed by atoms with E-state index in [1.54, 1.807) is 16.3 Å². The van der Waals surface area contributed by atoms with E-state index in [1.165, 1.54) is 5.57 Å². The number of ether oxygens (including phenoxy) is 1. The highest BCUT2D eigenvalue weighted by Gasteiger charge is 2.41. The van der Waals surface area contributed by atoms with Gasteiger partial charge in [-0.3, -0.25) is 4.90 Å². The Labute approximate surface area is 207 Å². The normalized spacial score (nSPS) is 24.0. The molecule has 0 aromatic heterocycles. The number of hydrogen-bond donors (Lipinski definition) is 1. The maximum atomic E-state index is 13.4. The number of para-hydroxylation sites is 2. The molecule has 1 saturated carbocycles. The summed E-state index contributed by atoms with van der Waals surface area (Å²) in [5.41, 5.74) is 4.58. The molecule has 1 heterocycles. The first-order valence-corrected chi connectivity index (χ1v) is 14.5. The number of nitrogens with one attached hydrogen (secondary N) is 1. The van der Waals surface area contributed by atoms with Gasteiger partial charge in [-0.1, -0.05) is 72.1 Å². The molecular weight excluding hydrogens is 467 g/mol. The molecule has 4 rings (SSSR count). The Morgan fingerprint density at radius 1 is 1.21 bits per heavy atom. The monoisotopic (exact) mass is 496 g/mol. The van der Waals surface area contributed by atoms with Gasteiger partial charge in [-0.25, -0.2) is 4.79 Å². The van der Waals surface area contributed by atoms with Crippen molar-refractivity contribution in [3.8, 4) is 0 Å². The molecule has 2 aromatic rings. The summed E-state index contributed by atoms with van der Waals surface area (Å²) in [5.74, 6) is 0.503. The molecule has 1 aliphatic carbocycles. The number of rotatable bonds is 6. The van der Waals surface area contributed by atoms with E-state index in [4.69, 9.17) is 16.5 Å². The van der Waals surface area contributed by atoms with Gasteiger partial charge < -0.3 is 10.1 Å². The highest BCUT2D eigenvalue weighted by atomic mass is 32.9. The summed E-state index contributed by atoms with van der Waals surface area (Å²) < 4.78 is 6.36. The Hall–Kier alpha value is -1.98.